The van der Waals surface area contributed by atoms with Crippen molar-refractivity contribution in [2.75, 3.05) is 27.7 Å². The average Bonchev–Trinajstić information content (AvgIpc) is 1.86. The molecule has 0 aliphatic heterocycles. The van der Waals surface area contributed by atoms with Crippen molar-refractivity contribution in [3.63, 3.8) is 0 Å². The SMILES string of the molecule is C[N+](C)(C)CC(O)P(=O)(O)O.NO. The summed E-state index contributed by atoms with van der Waals surface area (Å²) in [5, 5.41) is 15.4. The number of hydrogen-bond acceptors (Lipinski definition) is 4. The van der Waals surface area contributed by atoms with Crippen molar-refractivity contribution in [1.29, 1.82) is 0 Å². The standard InChI is InChI=1S/C5H14NO4P.H3NO/c1-6(2,3)4-5(7)11(8,9)10;1-2/h5,7H,4H2,1-3H3,(H-,8,9,10);2H,1H2/p+1. The second kappa shape index (κ2) is 5.66. The van der Waals surface area contributed by atoms with E-state index >= 15 is 0 Å². The van der Waals surface area contributed by atoms with Crippen LogP contribution in [0.5, 0.6) is 0 Å². The van der Waals surface area contributed by atoms with Crippen LogP contribution in [0.15, 0.2) is 0 Å². The molecule has 0 saturated carbocycles. The minimum absolute atomic E-state index is 0.0459. The van der Waals surface area contributed by atoms with E-state index in [0.717, 1.165) is 0 Å². The molecule has 0 spiro atoms. The number of aliphatic hydroxyl groups excluding tert-OH is 1. The molecule has 0 aromatic carbocycles. The van der Waals surface area contributed by atoms with Crippen LogP contribution in [0.2, 0.25) is 0 Å². The van der Waals surface area contributed by atoms with Crippen LogP contribution in [0.25, 0.3) is 0 Å². The van der Waals surface area contributed by atoms with Crippen molar-refractivity contribution in [2.45, 2.75) is 5.85 Å². The van der Waals surface area contributed by atoms with Gasteiger partial charge in [0.25, 0.3) is 0 Å². The molecule has 0 aliphatic rings. The van der Waals surface area contributed by atoms with Crippen molar-refractivity contribution < 1.29 is 29.1 Å². The van der Waals surface area contributed by atoms with Gasteiger partial charge in [-0.25, -0.2) is 5.90 Å². The number of nitrogens with two attached hydrogens (primary N) is 1. The first kappa shape index (κ1) is 15.5. The van der Waals surface area contributed by atoms with Crippen LogP contribution < -0.4 is 5.90 Å². The Hall–Kier alpha value is -0.0100. The van der Waals surface area contributed by atoms with Gasteiger partial charge in [0.1, 0.15) is 6.54 Å². The van der Waals surface area contributed by atoms with E-state index < -0.39 is 13.4 Å². The molecular weight excluding hydrogens is 199 g/mol. The highest BCUT2D eigenvalue weighted by atomic mass is 31.2. The molecule has 0 aliphatic carbocycles. The van der Waals surface area contributed by atoms with Crippen LogP contribution in [0.3, 0.4) is 0 Å². The first-order valence-corrected chi connectivity index (χ1v) is 5.10. The predicted molar refractivity (Wildman–Crippen MR) is 46.9 cm³/mol. The normalized spacial score (nSPS) is 14.5. The van der Waals surface area contributed by atoms with Crippen LogP contribution >= 0.6 is 7.60 Å². The summed E-state index contributed by atoms with van der Waals surface area (Å²) in [6, 6.07) is 0. The lowest BCUT2D eigenvalue weighted by atomic mass is 10.5. The second-order valence-corrected chi connectivity index (χ2v) is 5.32. The molecule has 0 saturated heterocycles. The molecule has 0 heterocycles. The fourth-order valence-electron chi connectivity index (χ4n) is 0.596. The van der Waals surface area contributed by atoms with Crippen molar-refractivity contribution in [3.05, 3.63) is 0 Å². The molecule has 13 heavy (non-hydrogen) atoms. The first-order valence-electron chi connectivity index (χ1n) is 3.42. The second-order valence-electron chi connectivity index (χ2n) is 3.54. The van der Waals surface area contributed by atoms with E-state index in [9.17, 15) is 4.57 Å². The fourth-order valence-corrected chi connectivity index (χ4v) is 1.30. The van der Waals surface area contributed by atoms with Gasteiger partial charge in [-0.1, -0.05) is 0 Å². The molecule has 1 atom stereocenters. The molecule has 8 heteroatoms. The molecule has 1 unspecified atom stereocenters. The van der Waals surface area contributed by atoms with Crippen molar-refractivity contribution >= 4 is 7.60 Å². The van der Waals surface area contributed by atoms with Crippen molar-refractivity contribution in [3.8, 4) is 0 Å². The Kier molecular flexibility index (Phi) is 6.74. The molecule has 0 amide bonds. The van der Waals surface area contributed by atoms with Crippen molar-refractivity contribution in [1.82, 2.24) is 0 Å². The Morgan fingerprint density at radius 2 is 1.62 bits per heavy atom. The highest BCUT2D eigenvalue weighted by Gasteiger charge is 2.31. The Morgan fingerprint density at radius 3 is 1.69 bits per heavy atom. The minimum Gasteiger partial charge on any atom is -0.376 e. The number of rotatable bonds is 3. The topological polar surface area (TPSA) is 124 Å². The zero-order valence-corrected chi connectivity index (χ0v) is 8.85. The van der Waals surface area contributed by atoms with E-state index in [1.165, 1.54) is 0 Å². The lowest BCUT2D eigenvalue weighted by Crippen LogP contribution is -2.41. The molecule has 0 bridgehead atoms. The third-order valence-electron chi connectivity index (χ3n) is 1.10. The fraction of sp³-hybridized carbons (Fsp3) is 1.00. The van der Waals surface area contributed by atoms with Gasteiger partial charge in [0, 0.05) is 0 Å². The molecule has 0 radical (unpaired) electrons. The van der Waals surface area contributed by atoms with E-state index in [-0.39, 0.29) is 6.54 Å². The Balaban J connectivity index is 0. The molecular formula is C5H18N2O5P+. The molecule has 7 nitrogen and oxygen atoms in total. The molecule has 0 rings (SSSR count). The molecule has 0 aromatic heterocycles. The maximum Gasteiger partial charge on any atom is 0.359 e. The van der Waals surface area contributed by atoms with Gasteiger partial charge in [-0.15, -0.1) is 0 Å². The van der Waals surface area contributed by atoms with E-state index in [1.54, 1.807) is 21.1 Å². The highest BCUT2D eigenvalue weighted by molar-refractivity contribution is 7.52. The Morgan fingerprint density at radius 1 is 1.31 bits per heavy atom. The third-order valence-corrected chi connectivity index (χ3v) is 2.04. The van der Waals surface area contributed by atoms with Gasteiger partial charge in [0.15, 0.2) is 0 Å². The number of aliphatic hydroxyl groups is 1. The molecule has 0 fully saturated rings. The van der Waals surface area contributed by atoms with Crippen LogP contribution in [0.1, 0.15) is 0 Å². The Labute approximate surface area is 77.1 Å². The summed E-state index contributed by atoms with van der Waals surface area (Å²) in [6.07, 6.45) is 0. The Bertz CT molecular complexity index is 174. The molecule has 82 valence electrons. The van der Waals surface area contributed by atoms with Gasteiger partial charge in [-0.2, -0.15) is 0 Å². The quantitative estimate of drug-likeness (QED) is 0.223. The van der Waals surface area contributed by atoms with Crippen LogP contribution in [-0.2, 0) is 4.57 Å². The minimum atomic E-state index is -4.31. The summed E-state index contributed by atoms with van der Waals surface area (Å²) in [4.78, 5) is 17.0. The number of nitrogens with zero attached hydrogens (tertiary/aromatic N) is 1. The van der Waals surface area contributed by atoms with Crippen LogP contribution in [0, 0.1) is 0 Å². The lowest BCUT2D eigenvalue weighted by molar-refractivity contribution is -0.872. The van der Waals surface area contributed by atoms with Gasteiger partial charge in [-0.05, 0) is 0 Å². The summed E-state index contributed by atoms with van der Waals surface area (Å²) < 4.78 is 10.8. The van der Waals surface area contributed by atoms with E-state index in [0.29, 0.717) is 4.48 Å². The monoisotopic (exact) mass is 217 g/mol. The molecule has 6 N–H and O–H groups in total. The van der Waals surface area contributed by atoms with E-state index in [1.807, 2.05) is 0 Å². The molecule has 0 aromatic rings. The first-order chi connectivity index (χ1) is 5.63. The average molecular weight is 217 g/mol. The number of hydrogen-bond donors (Lipinski definition) is 5. The van der Waals surface area contributed by atoms with Gasteiger partial charge < -0.3 is 24.6 Å². The predicted octanol–water partition coefficient (Wildman–Crippen LogP) is -1.48. The summed E-state index contributed by atoms with van der Waals surface area (Å²) >= 11 is 0. The van der Waals surface area contributed by atoms with E-state index in [2.05, 4.69) is 5.90 Å². The van der Waals surface area contributed by atoms with Gasteiger partial charge in [0.05, 0.1) is 21.1 Å². The summed E-state index contributed by atoms with van der Waals surface area (Å²) in [5.74, 6) is 1.95. The van der Waals surface area contributed by atoms with Gasteiger partial charge in [-0.3, -0.25) is 4.57 Å². The van der Waals surface area contributed by atoms with Crippen LogP contribution in [-0.4, -0.2) is 58.1 Å². The van der Waals surface area contributed by atoms with Gasteiger partial charge >= 0.3 is 7.60 Å². The summed E-state index contributed by atoms with van der Waals surface area (Å²) in [6.45, 7) is 0.0459. The zero-order valence-electron chi connectivity index (χ0n) is 7.95. The van der Waals surface area contributed by atoms with E-state index in [4.69, 9.17) is 20.1 Å². The lowest BCUT2D eigenvalue weighted by Gasteiger charge is -2.26. The number of likely N-dealkylation sites (N-methyl/N-ethyl adjacent to an activating group) is 1. The highest BCUT2D eigenvalue weighted by Crippen LogP contribution is 2.39. The third kappa shape index (κ3) is 9.91. The smallest absolute Gasteiger partial charge is 0.359 e. The summed E-state index contributed by atoms with van der Waals surface area (Å²) in [5.41, 5.74) is 0. The van der Waals surface area contributed by atoms with Crippen LogP contribution in [0.4, 0.5) is 0 Å². The summed E-state index contributed by atoms with van der Waals surface area (Å²) in [7, 11) is 0.933. The van der Waals surface area contributed by atoms with Gasteiger partial charge in [0.2, 0.25) is 5.85 Å². The largest absolute Gasteiger partial charge is 0.376 e. The maximum absolute atomic E-state index is 10.4. The van der Waals surface area contributed by atoms with Crippen molar-refractivity contribution in [2.24, 2.45) is 5.90 Å². The number of quaternary nitrogens is 1. The maximum atomic E-state index is 10.4. The zero-order chi connectivity index (χ0) is 11.3.